The Hall–Kier alpha value is -1.52. The van der Waals surface area contributed by atoms with E-state index in [0.717, 1.165) is 24.9 Å². The van der Waals surface area contributed by atoms with Gasteiger partial charge < -0.3 is 10.6 Å². The topological polar surface area (TPSA) is 59.0 Å². The number of nitrogens with one attached hydrogen (secondary N) is 2. The van der Waals surface area contributed by atoms with Crippen LogP contribution >= 0.6 is 0 Å². The van der Waals surface area contributed by atoms with Crippen LogP contribution in [0.25, 0.3) is 0 Å². The maximum absolute atomic E-state index is 11.7. The second-order valence-corrected chi connectivity index (χ2v) is 5.67. The molecule has 1 aliphatic rings. The molecule has 1 heterocycles. The monoisotopic (exact) mass is 264 g/mol. The molecule has 1 aromatic heterocycles. The summed E-state index contributed by atoms with van der Waals surface area (Å²) >= 11 is 0. The van der Waals surface area contributed by atoms with Crippen LogP contribution in [0, 0.1) is 5.92 Å². The van der Waals surface area contributed by atoms with Crippen LogP contribution in [0.5, 0.6) is 0 Å². The molecule has 0 aromatic carbocycles. The molecule has 1 fully saturated rings. The standard InChI is InChI=1S/C14H24N4O/c1-4-13(10(2)3)16-12-7-15-18(8-12)9-14(19)17-11-5-6-11/h7-8,10-11,13,16H,4-6,9H2,1-3H3,(H,17,19). The zero-order valence-electron chi connectivity index (χ0n) is 12.0. The summed E-state index contributed by atoms with van der Waals surface area (Å²) in [7, 11) is 0. The molecule has 1 saturated carbocycles. The first kappa shape index (κ1) is 13.9. The summed E-state index contributed by atoms with van der Waals surface area (Å²) < 4.78 is 1.69. The van der Waals surface area contributed by atoms with Crippen molar-refractivity contribution in [2.24, 2.45) is 5.92 Å². The van der Waals surface area contributed by atoms with Crippen molar-refractivity contribution in [2.45, 2.75) is 58.7 Å². The van der Waals surface area contributed by atoms with Crippen molar-refractivity contribution in [3.8, 4) is 0 Å². The lowest BCUT2D eigenvalue weighted by atomic mass is 10.0. The number of amides is 1. The van der Waals surface area contributed by atoms with Crippen molar-refractivity contribution in [1.82, 2.24) is 15.1 Å². The average molecular weight is 264 g/mol. The van der Waals surface area contributed by atoms with E-state index in [1.165, 1.54) is 0 Å². The van der Waals surface area contributed by atoms with Gasteiger partial charge in [-0.3, -0.25) is 9.48 Å². The zero-order valence-corrected chi connectivity index (χ0v) is 12.0. The molecule has 0 bridgehead atoms. The highest BCUT2D eigenvalue weighted by Crippen LogP contribution is 2.18. The van der Waals surface area contributed by atoms with Gasteiger partial charge in [0, 0.05) is 18.3 Å². The van der Waals surface area contributed by atoms with Gasteiger partial charge in [0.05, 0.1) is 11.9 Å². The Kier molecular flexibility index (Phi) is 4.45. The molecule has 0 aliphatic heterocycles. The maximum Gasteiger partial charge on any atom is 0.241 e. The smallest absolute Gasteiger partial charge is 0.241 e. The molecule has 1 amide bonds. The van der Waals surface area contributed by atoms with Crippen LogP contribution in [0.15, 0.2) is 12.4 Å². The Bertz CT molecular complexity index is 423. The van der Waals surface area contributed by atoms with E-state index in [0.29, 0.717) is 24.5 Å². The van der Waals surface area contributed by atoms with Crippen LogP contribution in [0.4, 0.5) is 5.69 Å². The molecule has 2 rings (SSSR count). The van der Waals surface area contributed by atoms with Crippen molar-refractivity contribution >= 4 is 11.6 Å². The quantitative estimate of drug-likeness (QED) is 0.792. The average Bonchev–Trinajstić information content (AvgIpc) is 3.04. The van der Waals surface area contributed by atoms with Gasteiger partial charge in [-0.05, 0) is 25.2 Å². The van der Waals surface area contributed by atoms with E-state index in [9.17, 15) is 4.79 Å². The minimum absolute atomic E-state index is 0.0491. The second-order valence-electron chi connectivity index (χ2n) is 5.67. The molecule has 1 atom stereocenters. The van der Waals surface area contributed by atoms with Gasteiger partial charge in [0.25, 0.3) is 0 Å². The van der Waals surface area contributed by atoms with E-state index in [1.807, 2.05) is 6.20 Å². The van der Waals surface area contributed by atoms with E-state index >= 15 is 0 Å². The third-order valence-corrected chi connectivity index (χ3v) is 3.48. The van der Waals surface area contributed by atoms with Gasteiger partial charge in [0.1, 0.15) is 6.54 Å². The number of nitrogens with zero attached hydrogens (tertiary/aromatic N) is 2. The molecule has 0 saturated heterocycles. The molecular formula is C14H24N4O. The number of carbonyl (C=O) groups excluding carboxylic acids is 1. The maximum atomic E-state index is 11.7. The predicted molar refractivity (Wildman–Crippen MR) is 75.9 cm³/mol. The molecule has 1 unspecified atom stereocenters. The second kappa shape index (κ2) is 6.08. The highest BCUT2D eigenvalue weighted by atomic mass is 16.2. The van der Waals surface area contributed by atoms with Gasteiger partial charge in [-0.1, -0.05) is 20.8 Å². The number of carbonyl (C=O) groups is 1. The van der Waals surface area contributed by atoms with Gasteiger partial charge in [-0.2, -0.15) is 5.10 Å². The third-order valence-electron chi connectivity index (χ3n) is 3.48. The largest absolute Gasteiger partial charge is 0.380 e. The lowest BCUT2D eigenvalue weighted by Crippen LogP contribution is -2.29. The third kappa shape index (κ3) is 4.26. The predicted octanol–water partition coefficient (Wildman–Crippen LogP) is 2.01. The van der Waals surface area contributed by atoms with Crippen LogP contribution in [0.1, 0.15) is 40.0 Å². The van der Waals surface area contributed by atoms with Gasteiger partial charge in [-0.25, -0.2) is 0 Å². The summed E-state index contributed by atoms with van der Waals surface area (Å²) in [6.07, 6.45) is 6.99. The number of aromatic nitrogens is 2. The molecule has 19 heavy (non-hydrogen) atoms. The molecule has 0 spiro atoms. The normalized spacial score (nSPS) is 16.4. The van der Waals surface area contributed by atoms with Crippen LogP contribution in [0.3, 0.4) is 0 Å². The molecule has 1 aromatic rings. The minimum atomic E-state index is 0.0491. The van der Waals surface area contributed by atoms with E-state index < -0.39 is 0 Å². The zero-order chi connectivity index (χ0) is 13.8. The van der Waals surface area contributed by atoms with Crippen molar-refractivity contribution in [3.05, 3.63) is 12.4 Å². The first-order valence-corrected chi connectivity index (χ1v) is 7.16. The first-order valence-electron chi connectivity index (χ1n) is 7.16. The Morgan fingerprint density at radius 3 is 2.84 bits per heavy atom. The first-order chi connectivity index (χ1) is 9.08. The Morgan fingerprint density at radius 2 is 2.26 bits per heavy atom. The lowest BCUT2D eigenvalue weighted by molar-refractivity contribution is -0.122. The highest BCUT2D eigenvalue weighted by Gasteiger charge is 2.23. The highest BCUT2D eigenvalue weighted by molar-refractivity contribution is 5.76. The molecule has 5 nitrogen and oxygen atoms in total. The fourth-order valence-corrected chi connectivity index (χ4v) is 2.13. The molecule has 0 radical (unpaired) electrons. The molecule has 1 aliphatic carbocycles. The van der Waals surface area contributed by atoms with Crippen LogP contribution in [-0.2, 0) is 11.3 Å². The van der Waals surface area contributed by atoms with Gasteiger partial charge >= 0.3 is 0 Å². The van der Waals surface area contributed by atoms with E-state index in [4.69, 9.17) is 0 Å². The van der Waals surface area contributed by atoms with Crippen LogP contribution in [0.2, 0.25) is 0 Å². The number of rotatable bonds is 7. The van der Waals surface area contributed by atoms with Crippen LogP contribution in [-0.4, -0.2) is 27.8 Å². The Balaban J connectivity index is 1.85. The fourth-order valence-electron chi connectivity index (χ4n) is 2.13. The fraction of sp³-hybridized carbons (Fsp3) is 0.714. The number of hydrogen-bond donors (Lipinski definition) is 2. The molecule has 106 valence electrons. The van der Waals surface area contributed by atoms with Gasteiger partial charge in [0.2, 0.25) is 5.91 Å². The van der Waals surface area contributed by atoms with Gasteiger partial charge in [0.15, 0.2) is 0 Å². The summed E-state index contributed by atoms with van der Waals surface area (Å²) in [4.78, 5) is 11.7. The van der Waals surface area contributed by atoms with E-state index in [-0.39, 0.29) is 5.91 Å². The summed E-state index contributed by atoms with van der Waals surface area (Å²) in [6.45, 7) is 6.88. The molecule has 2 N–H and O–H groups in total. The molecule has 5 heteroatoms. The van der Waals surface area contributed by atoms with Gasteiger partial charge in [-0.15, -0.1) is 0 Å². The van der Waals surface area contributed by atoms with Crippen LogP contribution < -0.4 is 10.6 Å². The Labute approximate surface area is 114 Å². The molecular weight excluding hydrogens is 240 g/mol. The minimum Gasteiger partial charge on any atom is -0.380 e. The van der Waals surface area contributed by atoms with Crippen molar-refractivity contribution in [1.29, 1.82) is 0 Å². The number of anilines is 1. The van der Waals surface area contributed by atoms with Crippen molar-refractivity contribution in [2.75, 3.05) is 5.32 Å². The Morgan fingerprint density at radius 1 is 1.53 bits per heavy atom. The summed E-state index contributed by atoms with van der Waals surface area (Å²) in [5.41, 5.74) is 0.986. The van der Waals surface area contributed by atoms with Crippen molar-refractivity contribution < 1.29 is 4.79 Å². The number of hydrogen-bond acceptors (Lipinski definition) is 3. The van der Waals surface area contributed by atoms with Crippen molar-refractivity contribution in [3.63, 3.8) is 0 Å². The van der Waals surface area contributed by atoms with E-state index in [1.54, 1.807) is 10.9 Å². The summed E-state index contributed by atoms with van der Waals surface area (Å²) in [5, 5.41) is 10.6. The summed E-state index contributed by atoms with van der Waals surface area (Å²) in [5.74, 6) is 0.625. The van der Waals surface area contributed by atoms with E-state index in [2.05, 4.69) is 36.5 Å². The lowest BCUT2D eigenvalue weighted by Gasteiger charge is -2.20. The SMILES string of the molecule is CCC(Nc1cnn(CC(=O)NC2CC2)c1)C(C)C. The summed E-state index contributed by atoms with van der Waals surface area (Å²) in [6, 6.07) is 0.851.